The fourth-order valence-electron chi connectivity index (χ4n) is 4.15. The molecule has 2 aromatic rings. The van der Waals surface area contributed by atoms with Crippen molar-refractivity contribution >= 4 is 17.5 Å². The number of hydrogen-bond donors (Lipinski definition) is 2. The summed E-state index contributed by atoms with van der Waals surface area (Å²) in [5.41, 5.74) is 1.17. The van der Waals surface area contributed by atoms with E-state index in [0.717, 1.165) is 57.2 Å². The van der Waals surface area contributed by atoms with Gasteiger partial charge in [-0.3, -0.25) is 4.79 Å². The fraction of sp³-hybridized carbons (Fsp3) is 0.526. The van der Waals surface area contributed by atoms with E-state index in [1.54, 1.807) is 6.20 Å². The van der Waals surface area contributed by atoms with E-state index in [1.807, 2.05) is 28.9 Å². The Balaban J connectivity index is 1.52. The van der Waals surface area contributed by atoms with Crippen LogP contribution in [-0.4, -0.2) is 34.0 Å². The van der Waals surface area contributed by atoms with Crippen molar-refractivity contribution in [1.29, 1.82) is 0 Å². The second kappa shape index (κ2) is 7.37. The molecule has 2 aliphatic rings. The van der Waals surface area contributed by atoms with Crippen LogP contribution >= 0.6 is 11.6 Å². The molecule has 2 heterocycles. The van der Waals surface area contributed by atoms with Crippen LogP contribution in [0.1, 0.15) is 60.6 Å². The van der Waals surface area contributed by atoms with Gasteiger partial charge in [0, 0.05) is 5.02 Å². The Morgan fingerprint density at radius 2 is 1.88 bits per heavy atom. The fourth-order valence-corrected chi connectivity index (χ4v) is 4.27. The summed E-state index contributed by atoms with van der Waals surface area (Å²) >= 11 is 6.03. The molecular formula is C19H24ClN5O. The molecule has 1 aliphatic heterocycles. The summed E-state index contributed by atoms with van der Waals surface area (Å²) in [4.78, 5) is 12.9. The average molecular weight is 374 g/mol. The second-order valence-corrected chi connectivity index (χ2v) is 7.75. The van der Waals surface area contributed by atoms with Crippen molar-refractivity contribution in [2.45, 2.75) is 50.1 Å². The van der Waals surface area contributed by atoms with Crippen LogP contribution in [0.2, 0.25) is 5.02 Å². The maximum absolute atomic E-state index is 12.9. The van der Waals surface area contributed by atoms with Gasteiger partial charge in [0.25, 0.3) is 5.91 Å². The van der Waals surface area contributed by atoms with Crippen molar-refractivity contribution in [1.82, 2.24) is 25.6 Å². The lowest BCUT2D eigenvalue weighted by Gasteiger charge is -2.30. The average Bonchev–Trinajstić information content (AvgIpc) is 3.33. The molecule has 1 aromatic heterocycles. The minimum Gasteiger partial charge on any atom is -0.341 e. The number of halogens is 1. The zero-order valence-electron chi connectivity index (χ0n) is 14.7. The van der Waals surface area contributed by atoms with E-state index in [1.165, 1.54) is 0 Å². The molecule has 0 unspecified atom stereocenters. The minimum absolute atomic E-state index is 0.151. The van der Waals surface area contributed by atoms with E-state index >= 15 is 0 Å². The summed E-state index contributed by atoms with van der Waals surface area (Å²) in [6, 6.07) is 8.12. The first-order valence-corrected chi connectivity index (χ1v) is 9.75. The smallest absolute Gasteiger partial charge is 0.274 e. The summed E-state index contributed by atoms with van der Waals surface area (Å²) < 4.78 is 1.85. The van der Waals surface area contributed by atoms with Gasteiger partial charge in [-0.2, -0.15) is 0 Å². The Morgan fingerprint density at radius 3 is 2.58 bits per heavy atom. The van der Waals surface area contributed by atoms with Gasteiger partial charge in [-0.05, 0) is 56.5 Å². The van der Waals surface area contributed by atoms with E-state index in [0.29, 0.717) is 16.8 Å². The number of nitrogens with one attached hydrogen (secondary N) is 2. The first kappa shape index (κ1) is 17.5. The highest BCUT2D eigenvalue weighted by Gasteiger charge is 2.37. The molecule has 138 valence electrons. The van der Waals surface area contributed by atoms with Gasteiger partial charge in [0.15, 0.2) is 5.69 Å². The monoisotopic (exact) mass is 373 g/mol. The van der Waals surface area contributed by atoms with Gasteiger partial charge in [0.2, 0.25) is 0 Å². The van der Waals surface area contributed by atoms with Crippen LogP contribution in [0.5, 0.6) is 0 Å². The summed E-state index contributed by atoms with van der Waals surface area (Å²) in [6.45, 7) is 1.96. The quantitative estimate of drug-likeness (QED) is 0.864. The van der Waals surface area contributed by atoms with E-state index in [4.69, 9.17) is 11.6 Å². The van der Waals surface area contributed by atoms with Gasteiger partial charge in [-0.25, -0.2) is 4.68 Å². The standard InChI is InChI=1S/C19H24ClN5O/c20-15-5-3-14(4-6-15)19(9-1-2-10-19)22-18(26)17-13-25(24-23-17)16-7-11-21-12-8-16/h3-6,13,16,21H,1-2,7-12H2,(H,22,26). The molecule has 0 bridgehead atoms. The van der Waals surface area contributed by atoms with Crippen LogP contribution in [0.3, 0.4) is 0 Å². The summed E-state index contributed by atoms with van der Waals surface area (Å²) in [6.07, 6.45) is 7.88. The second-order valence-electron chi connectivity index (χ2n) is 7.32. The molecule has 1 saturated heterocycles. The summed E-state index contributed by atoms with van der Waals surface area (Å²) in [7, 11) is 0. The molecule has 2 fully saturated rings. The Labute approximate surface area is 158 Å². The molecule has 1 aliphatic carbocycles. The molecule has 1 aromatic carbocycles. The lowest BCUT2D eigenvalue weighted by molar-refractivity contribution is 0.0893. The van der Waals surface area contributed by atoms with Crippen LogP contribution in [0, 0.1) is 0 Å². The highest BCUT2D eigenvalue weighted by molar-refractivity contribution is 6.30. The molecule has 0 radical (unpaired) electrons. The highest BCUT2D eigenvalue weighted by atomic mass is 35.5. The van der Waals surface area contributed by atoms with Crippen molar-refractivity contribution in [3.8, 4) is 0 Å². The Bertz CT molecular complexity index is 760. The maximum Gasteiger partial charge on any atom is 0.274 e. The number of aromatic nitrogens is 3. The largest absolute Gasteiger partial charge is 0.341 e. The third-order valence-electron chi connectivity index (χ3n) is 5.63. The molecule has 2 N–H and O–H groups in total. The SMILES string of the molecule is O=C(NC1(c2ccc(Cl)cc2)CCCC1)c1cn(C2CCNCC2)nn1. The first-order chi connectivity index (χ1) is 12.7. The molecule has 7 heteroatoms. The van der Waals surface area contributed by atoms with Gasteiger partial charge in [-0.1, -0.05) is 41.8 Å². The third kappa shape index (κ3) is 3.48. The van der Waals surface area contributed by atoms with Crippen molar-refractivity contribution in [3.63, 3.8) is 0 Å². The summed E-state index contributed by atoms with van der Waals surface area (Å²) in [5, 5.41) is 15.6. The zero-order chi connectivity index (χ0) is 18.0. The highest BCUT2D eigenvalue weighted by Crippen LogP contribution is 2.39. The number of rotatable bonds is 4. The molecule has 4 rings (SSSR count). The van der Waals surface area contributed by atoms with Crippen LogP contribution in [0.4, 0.5) is 0 Å². The normalized spacial score (nSPS) is 20.2. The number of benzene rings is 1. The van der Waals surface area contributed by atoms with E-state index in [-0.39, 0.29) is 11.4 Å². The molecule has 0 spiro atoms. The molecule has 6 nitrogen and oxygen atoms in total. The van der Waals surface area contributed by atoms with Crippen LogP contribution in [0.15, 0.2) is 30.5 Å². The predicted octanol–water partition coefficient (Wildman–Crippen LogP) is 3.06. The van der Waals surface area contributed by atoms with E-state index in [2.05, 4.69) is 20.9 Å². The molecule has 0 atom stereocenters. The van der Waals surface area contributed by atoms with Crippen LogP contribution < -0.4 is 10.6 Å². The van der Waals surface area contributed by atoms with Crippen molar-refractivity contribution in [2.75, 3.05) is 13.1 Å². The number of nitrogens with zero attached hydrogens (tertiary/aromatic N) is 3. The van der Waals surface area contributed by atoms with Crippen molar-refractivity contribution < 1.29 is 4.79 Å². The number of carbonyl (C=O) groups excluding carboxylic acids is 1. The van der Waals surface area contributed by atoms with Gasteiger partial charge in [0.05, 0.1) is 17.8 Å². The number of piperidine rings is 1. The summed E-state index contributed by atoms with van der Waals surface area (Å²) in [5.74, 6) is -0.151. The van der Waals surface area contributed by atoms with Gasteiger partial charge >= 0.3 is 0 Å². The molecule has 26 heavy (non-hydrogen) atoms. The van der Waals surface area contributed by atoms with Crippen LogP contribution in [0.25, 0.3) is 0 Å². The van der Waals surface area contributed by atoms with Gasteiger partial charge in [0.1, 0.15) is 0 Å². The molecule has 1 saturated carbocycles. The van der Waals surface area contributed by atoms with Crippen molar-refractivity contribution in [3.05, 3.63) is 46.7 Å². The van der Waals surface area contributed by atoms with Crippen molar-refractivity contribution in [2.24, 2.45) is 0 Å². The third-order valence-corrected chi connectivity index (χ3v) is 5.88. The minimum atomic E-state index is -0.333. The topological polar surface area (TPSA) is 71.8 Å². The predicted molar refractivity (Wildman–Crippen MR) is 100 cm³/mol. The number of amides is 1. The molecular weight excluding hydrogens is 350 g/mol. The van der Waals surface area contributed by atoms with E-state index < -0.39 is 0 Å². The Hall–Kier alpha value is -1.92. The lowest BCUT2D eigenvalue weighted by Crippen LogP contribution is -2.44. The van der Waals surface area contributed by atoms with E-state index in [9.17, 15) is 4.79 Å². The first-order valence-electron chi connectivity index (χ1n) is 9.37. The number of carbonyl (C=O) groups is 1. The number of hydrogen-bond acceptors (Lipinski definition) is 4. The zero-order valence-corrected chi connectivity index (χ0v) is 15.5. The van der Waals surface area contributed by atoms with Gasteiger partial charge in [-0.15, -0.1) is 5.10 Å². The Morgan fingerprint density at radius 1 is 1.19 bits per heavy atom. The maximum atomic E-state index is 12.9. The lowest BCUT2D eigenvalue weighted by atomic mass is 9.88. The molecule has 1 amide bonds. The Kier molecular flexibility index (Phi) is 4.96. The van der Waals surface area contributed by atoms with Gasteiger partial charge < -0.3 is 10.6 Å². The van der Waals surface area contributed by atoms with Crippen LogP contribution in [-0.2, 0) is 5.54 Å².